The maximum atomic E-state index is 12.8. The van der Waals surface area contributed by atoms with E-state index in [1.54, 1.807) is 0 Å². The summed E-state index contributed by atoms with van der Waals surface area (Å²) in [6, 6.07) is 1.04. The summed E-state index contributed by atoms with van der Waals surface area (Å²) in [4.78, 5) is 16.4. The van der Waals surface area contributed by atoms with Crippen LogP contribution in [0.25, 0.3) is 0 Å². The molecule has 110 valence electrons. The Balaban J connectivity index is 2.18. The molecule has 0 saturated carbocycles. The van der Waals surface area contributed by atoms with Crippen molar-refractivity contribution >= 4 is 6.29 Å². The van der Waals surface area contributed by atoms with Gasteiger partial charge < -0.3 is 0 Å². The van der Waals surface area contributed by atoms with E-state index < -0.39 is 17.4 Å². The van der Waals surface area contributed by atoms with Gasteiger partial charge in [-0.2, -0.15) is 13.2 Å². The fourth-order valence-corrected chi connectivity index (χ4v) is 2.61. The molecular weight excluding hydrogens is 269 g/mol. The summed E-state index contributed by atoms with van der Waals surface area (Å²) in [6.07, 6.45) is -0.817. The molecule has 2 rings (SSSR count). The summed E-state index contributed by atoms with van der Waals surface area (Å²) in [7, 11) is 0. The Kier molecular flexibility index (Phi) is 4.42. The lowest BCUT2D eigenvalue weighted by atomic mass is 10.00. The van der Waals surface area contributed by atoms with E-state index in [1.165, 1.54) is 6.20 Å². The SMILES string of the molecule is CC1CCCN(Cc2cnc(C=O)c(C(F)(F)F)c2)C1. The van der Waals surface area contributed by atoms with Gasteiger partial charge in [0, 0.05) is 19.3 Å². The number of piperidine rings is 1. The summed E-state index contributed by atoms with van der Waals surface area (Å²) in [6.45, 7) is 4.36. The van der Waals surface area contributed by atoms with Crippen LogP contribution in [0.1, 0.15) is 41.4 Å². The van der Waals surface area contributed by atoms with Gasteiger partial charge in [0.1, 0.15) is 5.69 Å². The van der Waals surface area contributed by atoms with E-state index in [-0.39, 0.29) is 6.29 Å². The normalized spacial score (nSPS) is 20.9. The maximum absolute atomic E-state index is 12.8. The van der Waals surface area contributed by atoms with E-state index in [9.17, 15) is 18.0 Å². The van der Waals surface area contributed by atoms with E-state index in [1.807, 2.05) is 0 Å². The van der Waals surface area contributed by atoms with Crippen molar-refractivity contribution in [3.8, 4) is 0 Å². The molecule has 0 radical (unpaired) electrons. The van der Waals surface area contributed by atoms with Crippen molar-refractivity contribution in [3.05, 3.63) is 29.1 Å². The van der Waals surface area contributed by atoms with E-state index in [2.05, 4.69) is 16.8 Å². The highest BCUT2D eigenvalue weighted by atomic mass is 19.4. The van der Waals surface area contributed by atoms with Crippen molar-refractivity contribution in [1.82, 2.24) is 9.88 Å². The molecule has 0 aliphatic carbocycles. The Labute approximate surface area is 115 Å². The first kappa shape index (κ1) is 15.0. The molecule has 0 amide bonds. The molecule has 0 N–H and O–H groups in total. The molecule has 1 aliphatic rings. The van der Waals surface area contributed by atoms with Crippen molar-refractivity contribution in [2.75, 3.05) is 13.1 Å². The van der Waals surface area contributed by atoms with Crippen molar-refractivity contribution < 1.29 is 18.0 Å². The zero-order valence-corrected chi connectivity index (χ0v) is 11.3. The quantitative estimate of drug-likeness (QED) is 0.800. The third kappa shape index (κ3) is 3.56. The molecule has 6 heteroatoms. The van der Waals surface area contributed by atoms with Crippen LogP contribution in [0.3, 0.4) is 0 Å². The van der Waals surface area contributed by atoms with Crippen LogP contribution >= 0.6 is 0 Å². The highest BCUT2D eigenvalue weighted by molar-refractivity contribution is 5.74. The van der Waals surface area contributed by atoms with Gasteiger partial charge in [-0.15, -0.1) is 0 Å². The molecule has 1 saturated heterocycles. The monoisotopic (exact) mass is 286 g/mol. The Bertz CT molecular complexity index is 488. The zero-order valence-electron chi connectivity index (χ0n) is 11.3. The number of aldehydes is 1. The number of hydrogen-bond acceptors (Lipinski definition) is 3. The van der Waals surface area contributed by atoms with Crippen LogP contribution in [0.2, 0.25) is 0 Å². The van der Waals surface area contributed by atoms with Gasteiger partial charge in [-0.25, -0.2) is 0 Å². The first-order valence-electron chi connectivity index (χ1n) is 6.64. The Morgan fingerprint density at radius 1 is 1.50 bits per heavy atom. The molecule has 3 nitrogen and oxygen atoms in total. The molecule has 1 atom stereocenters. The van der Waals surface area contributed by atoms with Gasteiger partial charge in [0.25, 0.3) is 0 Å². The second-order valence-corrected chi connectivity index (χ2v) is 5.37. The van der Waals surface area contributed by atoms with Crippen molar-refractivity contribution in [1.29, 1.82) is 0 Å². The Morgan fingerprint density at radius 3 is 2.85 bits per heavy atom. The van der Waals surface area contributed by atoms with Gasteiger partial charge in [-0.3, -0.25) is 14.7 Å². The lowest BCUT2D eigenvalue weighted by molar-refractivity contribution is -0.138. The number of alkyl halides is 3. The minimum absolute atomic E-state index is 0.148. The highest BCUT2D eigenvalue weighted by Crippen LogP contribution is 2.31. The standard InChI is InChI=1S/C14H17F3N2O/c1-10-3-2-4-19(7-10)8-11-5-12(14(15,16)17)13(9-20)18-6-11/h5-6,9-10H,2-4,7-8H2,1H3. The number of hydrogen-bond donors (Lipinski definition) is 0. The third-order valence-electron chi connectivity index (χ3n) is 3.54. The van der Waals surface area contributed by atoms with Crippen LogP contribution in [-0.2, 0) is 12.7 Å². The number of carbonyl (C=O) groups excluding carboxylic acids is 1. The minimum Gasteiger partial charge on any atom is -0.299 e. The second-order valence-electron chi connectivity index (χ2n) is 5.37. The Hall–Kier alpha value is -1.43. The van der Waals surface area contributed by atoms with Crippen molar-refractivity contribution in [2.24, 2.45) is 5.92 Å². The summed E-state index contributed by atoms with van der Waals surface area (Å²) in [5, 5.41) is 0. The summed E-state index contributed by atoms with van der Waals surface area (Å²) < 4.78 is 38.5. The average molecular weight is 286 g/mol. The van der Waals surface area contributed by atoms with Crippen molar-refractivity contribution in [2.45, 2.75) is 32.5 Å². The largest absolute Gasteiger partial charge is 0.418 e. The Morgan fingerprint density at radius 2 is 2.25 bits per heavy atom. The number of halogens is 3. The lowest BCUT2D eigenvalue weighted by Crippen LogP contribution is -2.33. The van der Waals surface area contributed by atoms with Gasteiger partial charge in [0.05, 0.1) is 5.56 Å². The van der Waals surface area contributed by atoms with Gasteiger partial charge in [0.15, 0.2) is 6.29 Å². The van der Waals surface area contributed by atoms with Gasteiger partial charge >= 0.3 is 6.18 Å². The fraction of sp³-hybridized carbons (Fsp3) is 0.571. The van der Waals surface area contributed by atoms with Gasteiger partial charge in [-0.1, -0.05) is 6.92 Å². The van der Waals surface area contributed by atoms with E-state index in [0.717, 1.165) is 32.0 Å². The summed E-state index contributed by atoms with van der Waals surface area (Å²) >= 11 is 0. The van der Waals surface area contributed by atoms with Crippen LogP contribution in [0.15, 0.2) is 12.3 Å². The number of rotatable bonds is 3. The fourth-order valence-electron chi connectivity index (χ4n) is 2.61. The molecule has 0 aromatic carbocycles. The van der Waals surface area contributed by atoms with Crippen LogP contribution in [-0.4, -0.2) is 29.3 Å². The molecule has 0 spiro atoms. The van der Waals surface area contributed by atoms with E-state index in [0.29, 0.717) is 18.0 Å². The summed E-state index contributed by atoms with van der Waals surface area (Å²) in [5.74, 6) is 0.563. The first-order chi connectivity index (χ1) is 9.40. The maximum Gasteiger partial charge on any atom is 0.418 e. The molecule has 1 aromatic heterocycles. The number of aromatic nitrogens is 1. The first-order valence-corrected chi connectivity index (χ1v) is 6.64. The van der Waals surface area contributed by atoms with Crippen LogP contribution < -0.4 is 0 Å². The van der Waals surface area contributed by atoms with Gasteiger partial charge in [-0.05, 0) is 36.9 Å². The molecule has 1 fully saturated rings. The predicted octanol–water partition coefficient (Wildman–Crippen LogP) is 3.14. The number of nitrogens with zero attached hydrogens (tertiary/aromatic N) is 2. The molecule has 1 aliphatic heterocycles. The zero-order chi connectivity index (χ0) is 14.8. The van der Waals surface area contributed by atoms with Crippen LogP contribution in [0.4, 0.5) is 13.2 Å². The number of pyridine rings is 1. The van der Waals surface area contributed by atoms with Crippen molar-refractivity contribution in [3.63, 3.8) is 0 Å². The molecule has 1 unspecified atom stereocenters. The summed E-state index contributed by atoms with van der Waals surface area (Å²) in [5.41, 5.74) is -1.000. The molecule has 20 heavy (non-hydrogen) atoms. The lowest BCUT2D eigenvalue weighted by Gasteiger charge is -2.30. The van der Waals surface area contributed by atoms with E-state index in [4.69, 9.17) is 0 Å². The number of carbonyl (C=O) groups is 1. The molecular formula is C14H17F3N2O. The van der Waals surface area contributed by atoms with Crippen LogP contribution in [0, 0.1) is 5.92 Å². The molecule has 2 heterocycles. The smallest absolute Gasteiger partial charge is 0.299 e. The van der Waals surface area contributed by atoms with Gasteiger partial charge in [0.2, 0.25) is 0 Å². The number of likely N-dealkylation sites (tertiary alicyclic amines) is 1. The predicted molar refractivity (Wildman–Crippen MR) is 68.3 cm³/mol. The minimum atomic E-state index is -4.55. The molecule has 0 bridgehead atoms. The van der Waals surface area contributed by atoms with Crippen LogP contribution in [0.5, 0.6) is 0 Å². The molecule has 1 aromatic rings. The topological polar surface area (TPSA) is 33.2 Å². The highest BCUT2D eigenvalue weighted by Gasteiger charge is 2.34. The second kappa shape index (κ2) is 5.91. The van der Waals surface area contributed by atoms with E-state index >= 15 is 0 Å². The average Bonchev–Trinajstić information content (AvgIpc) is 2.37. The third-order valence-corrected chi connectivity index (χ3v) is 3.54.